The molecular weight excluding hydrogens is 386 g/mol. The van der Waals surface area contributed by atoms with Crippen LogP contribution in [0, 0.1) is 0 Å². The van der Waals surface area contributed by atoms with Crippen molar-refractivity contribution >= 4 is 34.8 Å². The number of ether oxygens (including phenoxy) is 1. The molecule has 0 aliphatic rings. The molecular formula is C14H6Cl3F5O. The molecule has 0 aliphatic heterocycles. The van der Waals surface area contributed by atoms with E-state index >= 15 is 0 Å². The van der Waals surface area contributed by atoms with E-state index in [1.165, 1.54) is 12.1 Å². The number of alkyl halides is 5. The van der Waals surface area contributed by atoms with E-state index < -0.39 is 29.7 Å². The molecule has 2 aromatic rings. The molecule has 0 saturated carbocycles. The van der Waals surface area contributed by atoms with Gasteiger partial charge in [-0.25, -0.2) is 0 Å². The van der Waals surface area contributed by atoms with Crippen molar-refractivity contribution in [2.45, 2.75) is 12.8 Å². The quantitative estimate of drug-likeness (QED) is 0.407. The van der Waals surface area contributed by atoms with Gasteiger partial charge >= 0.3 is 12.8 Å². The Hall–Kier alpha value is -1.24. The topological polar surface area (TPSA) is 9.23 Å². The first-order chi connectivity index (χ1) is 10.6. The minimum atomic E-state index is -4.73. The van der Waals surface area contributed by atoms with Crippen LogP contribution in [0.2, 0.25) is 15.1 Å². The van der Waals surface area contributed by atoms with Crippen LogP contribution >= 0.6 is 34.8 Å². The maximum Gasteiger partial charge on any atom is 0.417 e. The summed E-state index contributed by atoms with van der Waals surface area (Å²) in [5.74, 6) is -0.440. The van der Waals surface area contributed by atoms with E-state index in [4.69, 9.17) is 34.8 Å². The largest absolute Gasteiger partial charge is 0.435 e. The van der Waals surface area contributed by atoms with Gasteiger partial charge in [-0.1, -0.05) is 40.9 Å². The molecule has 1 nitrogen and oxygen atoms in total. The average Bonchev–Trinajstić information content (AvgIpc) is 2.43. The van der Waals surface area contributed by atoms with Gasteiger partial charge in [-0.15, -0.1) is 0 Å². The Labute approximate surface area is 142 Å². The Morgan fingerprint density at radius 2 is 1.52 bits per heavy atom. The zero-order chi connectivity index (χ0) is 17.4. The molecule has 0 fully saturated rings. The van der Waals surface area contributed by atoms with E-state index in [1.807, 2.05) is 0 Å². The first-order valence-corrected chi connectivity index (χ1v) is 7.04. The molecule has 0 heterocycles. The Bertz CT molecular complexity index is 731. The molecule has 124 valence electrons. The van der Waals surface area contributed by atoms with E-state index in [9.17, 15) is 22.0 Å². The molecule has 2 aromatic carbocycles. The molecule has 9 heteroatoms. The van der Waals surface area contributed by atoms with Gasteiger partial charge in [-0.05, 0) is 29.8 Å². The zero-order valence-corrected chi connectivity index (χ0v) is 13.2. The van der Waals surface area contributed by atoms with Gasteiger partial charge < -0.3 is 4.74 Å². The van der Waals surface area contributed by atoms with Crippen molar-refractivity contribution in [2.75, 3.05) is 0 Å². The van der Waals surface area contributed by atoms with E-state index in [0.717, 1.165) is 12.1 Å². The maximum atomic E-state index is 13.1. The highest BCUT2D eigenvalue weighted by atomic mass is 35.5. The number of hydrogen-bond donors (Lipinski definition) is 0. The molecule has 0 aromatic heterocycles. The van der Waals surface area contributed by atoms with Gasteiger partial charge in [-0.2, -0.15) is 22.0 Å². The SMILES string of the molecule is FC(F)Oc1ccc(C(F)(F)F)c(-c2ccc(Cl)c(Cl)c2Cl)c1. The molecule has 0 amide bonds. The van der Waals surface area contributed by atoms with E-state index in [2.05, 4.69) is 4.74 Å². The van der Waals surface area contributed by atoms with Crippen molar-refractivity contribution in [2.24, 2.45) is 0 Å². The van der Waals surface area contributed by atoms with Crippen LogP contribution < -0.4 is 4.74 Å². The Morgan fingerprint density at radius 3 is 2.09 bits per heavy atom. The summed E-state index contributed by atoms with van der Waals surface area (Å²) in [6.45, 7) is -3.18. The lowest BCUT2D eigenvalue weighted by Gasteiger charge is -2.16. The van der Waals surface area contributed by atoms with Crippen LogP contribution in [0.3, 0.4) is 0 Å². The smallest absolute Gasteiger partial charge is 0.417 e. The third-order valence-electron chi connectivity index (χ3n) is 2.85. The van der Waals surface area contributed by atoms with Crippen molar-refractivity contribution in [3.05, 3.63) is 51.0 Å². The van der Waals surface area contributed by atoms with Crippen LogP contribution in [0.25, 0.3) is 11.1 Å². The summed E-state index contributed by atoms with van der Waals surface area (Å²) in [5.41, 5.74) is -1.62. The van der Waals surface area contributed by atoms with Crippen LogP contribution in [-0.2, 0) is 6.18 Å². The van der Waals surface area contributed by atoms with Crippen LogP contribution in [0.15, 0.2) is 30.3 Å². The summed E-state index contributed by atoms with van der Waals surface area (Å²) >= 11 is 17.5. The van der Waals surface area contributed by atoms with Gasteiger partial charge in [0, 0.05) is 5.56 Å². The fourth-order valence-electron chi connectivity index (χ4n) is 1.90. The Morgan fingerprint density at radius 1 is 0.870 bits per heavy atom. The van der Waals surface area contributed by atoms with Crippen molar-refractivity contribution in [1.29, 1.82) is 0 Å². The summed E-state index contributed by atoms with van der Waals surface area (Å²) in [5, 5.41) is -0.313. The number of halogens is 8. The number of benzene rings is 2. The Kier molecular flexibility index (Phi) is 5.28. The molecule has 23 heavy (non-hydrogen) atoms. The molecule has 0 atom stereocenters. The van der Waals surface area contributed by atoms with E-state index in [0.29, 0.717) is 6.07 Å². The highest BCUT2D eigenvalue weighted by molar-refractivity contribution is 6.49. The monoisotopic (exact) mass is 390 g/mol. The van der Waals surface area contributed by atoms with Crippen LogP contribution in [-0.4, -0.2) is 6.61 Å². The van der Waals surface area contributed by atoms with E-state index in [1.54, 1.807) is 0 Å². The maximum absolute atomic E-state index is 13.1. The van der Waals surface area contributed by atoms with Gasteiger partial charge in [0.25, 0.3) is 0 Å². The van der Waals surface area contributed by atoms with Crippen LogP contribution in [0.1, 0.15) is 5.56 Å². The lowest BCUT2D eigenvalue weighted by atomic mass is 9.98. The first-order valence-electron chi connectivity index (χ1n) is 5.91. The summed E-state index contributed by atoms with van der Waals surface area (Å²) in [6, 6.07) is 4.72. The second kappa shape index (κ2) is 6.71. The molecule has 0 unspecified atom stereocenters. The summed E-state index contributed by atoms with van der Waals surface area (Å²) in [6.07, 6.45) is -4.73. The minimum absolute atomic E-state index is 0.0500. The third-order valence-corrected chi connectivity index (χ3v) is 4.14. The summed E-state index contributed by atoms with van der Waals surface area (Å²) < 4.78 is 68.1. The predicted molar refractivity (Wildman–Crippen MR) is 78.5 cm³/mol. The van der Waals surface area contributed by atoms with Crippen molar-refractivity contribution < 1.29 is 26.7 Å². The highest BCUT2D eigenvalue weighted by Crippen LogP contribution is 2.44. The van der Waals surface area contributed by atoms with Gasteiger partial charge in [-0.3, -0.25) is 0 Å². The molecule has 2 rings (SSSR count). The second-order valence-corrected chi connectivity index (χ2v) is 5.47. The van der Waals surface area contributed by atoms with Gasteiger partial charge in [0.2, 0.25) is 0 Å². The van der Waals surface area contributed by atoms with Crippen molar-refractivity contribution in [3.8, 4) is 16.9 Å². The fourth-order valence-corrected chi connectivity index (χ4v) is 2.54. The lowest BCUT2D eigenvalue weighted by Crippen LogP contribution is -2.09. The van der Waals surface area contributed by atoms with Crippen LogP contribution in [0.4, 0.5) is 22.0 Å². The lowest BCUT2D eigenvalue weighted by molar-refractivity contribution is -0.137. The van der Waals surface area contributed by atoms with Gasteiger partial charge in [0.1, 0.15) is 5.75 Å². The van der Waals surface area contributed by atoms with Crippen molar-refractivity contribution in [3.63, 3.8) is 0 Å². The van der Waals surface area contributed by atoms with Crippen LogP contribution in [0.5, 0.6) is 5.75 Å². The van der Waals surface area contributed by atoms with Gasteiger partial charge in [0.15, 0.2) is 0 Å². The number of rotatable bonds is 3. The molecule has 0 radical (unpaired) electrons. The first kappa shape index (κ1) is 18.1. The summed E-state index contributed by atoms with van der Waals surface area (Å²) in [7, 11) is 0. The fraction of sp³-hybridized carbons (Fsp3) is 0.143. The normalized spacial score (nSPS) is 11.9. The average molecular weight is 392 g/mol. The highest BCUT2D eigenvalue weighted by Gasteiger charge is 2.34. The molecule has 0 spiro atoms. The molecule has 0 bridgehead atoms. The minimum Gasteiger partial charge on any atom is -0.435 e. The van der Waals surface area contributed by atoms with Crippen molar-refractivity contribution in [1.82, 2.24) is 0 Å². The second-order valence-electron chi connectivity index (χ2n) is 4.31. The third kappa shape index (κ3) is 4.00. The standard InChI is InChI=1S/C14H6Cl3F5O/c15-10-4-2-7(11(16)12(10)17)8-5-6(23-13(18)19)1-3-9(8)14(20,21)22/h1-5,13H. The number of hydrogen-bond acceptors (Lipinski definition) is 1. The molecule has 0 aliphatic carbocycles. The molecule has 0 N–H and O–H groups in total. The zero-order valence-electron chi connectivity index (χ0n) is 10.9. The predicted octanol–water partition coefficient (Wildman–Crippen LogP) is 6.93. The summed E-state index contributed by atoms with van der Waals surface area (Å²) in [4.78, 5) is 0. The molecule has 0 saturated heterocycles. The Balaban J connectivity index is 2.69. The van der Waals surface area contributed by atoms with E-state index in [-0.39, 0.29) is 20.6 Å². The van der Waals surface area contributed by atoms with Gasteiger partial charge in [0.05, 0.1) is 20.6 Å².